The fourth-order valence-electron chi connectivity index (χ4n) is 4.60. The van der Waals surface area contributed by atoms with E-state index in [-0.39, 0.29) is 41.0 Å². The van der Waals surface area contributed by atoms with Gasteiger partial charge in [-0.25, -0.2) is 22.6 Å². The van der Waals surface area contributed by atoms with E-state index in [0.717, 1.165) is 0 Å². The van der Waals surface area contributed by atoms with E-state index in [1.54, 1.807) is 42.7 Å². The molecule has 12 nitrogen and oxygen atoms in total. The zero-order chi connectivity index (χ0) is 30.1. The predicted octanol–water partition coefficient (Wildman–Crippen LogP) is 3.33. The average molecular weight is 599 g/mol. The van der Waals surface area contributed by atoms with Gasteiger partial charge < -0.3 is 23.4 Å². The van der Waals surface area contributed by atoms with Gasteiger partial charge in [0.2, 0.25) is 11.0 Å². The third-order valence-corrected chi connectivity index (χ3v) is 7.73. The number of aryl methyl sites for hydroxylation is 3. The highest BCUT2D eigenvalue weighted by Crippen LogP contribution is 2.43. The lowest BCUT2D eigenvalue weighted by molar-refractivity contribution is -0.645. The molecule has 1 aromatic heterocycles. The van der Waals surface area contributed by atoms with Crippen molar-refractivity contribution in [3.8, 4) is 11.5 Å². The standard InChI is InChI=1S/C26H23BNO11PS/c1-15-12-17(25(29)30)13-16(2)24(15)37-26(31)23-19-6-3-4-7-21(19)28(10-5-11-41(34,35)36)22-9-8-18(14-20(22)23)38-40(32,33)39-27/h3-4,6-9,12-14H,5,10-11H2,1-2H3,(H2-,29,30,32,33,34,35,36). The number of phosphoric acid groups is 1. The monoisotopic (exact) mass is 599 g/mol. The molecule has 4 rings (SSSR count). The zero-order valence-electron chi connectivity index (χ0n) is 21.8. The molecule has 4 aromatic rings. The topological polar surface area (TPSA) is 180 Å². The molecule has 0 spiro atoms. The molecule has 0 amide bonds. The Morgan fingerprint density at radius 1 is 1.02 bits per heavy atom. The minimum atomic E-state index is -4.68. The number of rotatable bonds is 10. The SMILES string of the molecule is [B]OP(=O)(O)Oc1ccc2c(c1)c(C(=O)Oc1c(C)cc(C(=O)O)cc1C)c1ccccc1[n+]2CCCS(=O)(=O)[O-]. The summed E-state index contributed by atoms with van der Waals surface area (Å²) >= 11 is 0. The molecule has 15 heteroatoms. The van der Waals surface area contributed by atoms with Crippen molar-refractivity contribution in [2.45, 2.75) is 26.8 Å². The summed E-state index contributed by atoms with van der Waals surface area (Å²) in [6.07, 6.45) is -0.0290. The lowest BCUT2D eigenvalue weighted by Crippen LogP contribution is -2.37. The maximum atomic E-state index is 13.8. The number of aromatic nitrogens is 1. The van der Waals surface area contributed by atoms with Crippen molar-refractivity contribution in [2.24, 2.45) is 0 Å². The summed E-state index contributed by atoms with van der Waals surface area (Å²) in [4.78, 5) is 35.0. The van der Waals surface area contributed by atoms with E-state index < -0.39 is 35.6 Å². The van der Waals surface area contributed by atoms with Gasteiger partial charge in [0.1, 0.15) is 11.5 Å². The first-order valence-electron chi connectivity index (χ1n) is 12.0. The van der Waals surface area contributed by atoms with Gasteiger partial charge in [0.15, 0.2) is 6.54 Å². The lowest BCUT2D eigenvalue weighted by Gasteiger charge is -2.16. The van der Waals surface area contributed by atoms with E-state index in [9.17, 15) is 37.1 Å². The Morgan fingerprint density at radius 2 is 1.66 bits per heavy atom. The number of carbonyl (C=O) groups excluding carboxylic acids is 1. The molecule has 212 valence electrons. The van der Waals surface area contributed by atoms with Gasteiger partial charge in [-0.2, -0.15) is 4.57 Å². The Labute approximate surface area is 235 Å². The number of carboxylic acid groups (broad SMARTS) is 1. The fraction of sp³-hybridized carbons (Fsp3) is 0.192. The number of hydrogen-bond donors (Lipinski definition) is 2. The van der Waals surface area contributed by atoms with Crippen molar-refractivity contribution in [1.82, 2.24) is 0 Å². The summed E-state index contributed by atoms with van der Waals surface area (Å²) in [7, 11) is -4.32. The number of esters is 1. The van der Waals surface area contributed by atoms with Crippen molar-refractivity contribution < 1.29 is 55.4 Å². The van der Waals surface area contributed by atoms with Crippen molar-refractivity contribution in [3.63, 3.8) is 0 Å². The number of aromatic carboxylic acids is 1. The number of pyridine rings is 1. The van der Waals surface area contributed by atoms with Crippen molar-refractivity contribution >= 4 is 59.7 Å². The van der Waals surface area contributed by atoms with Crippen LogP contribution < -0.4 is 13.8 Å². The molecule has 1 unspecified atom stereocenters. The largest absolute Gasteiger partial charge is 0.748 e. The Kier molecular flexibility index (Phi) is 8.53. The van der Waals surface area contributed by atoms with E-state index >= 15 is 0 Å². The second-order valence-electron chi connectivity index (χ2n) is 9.14. The average Bonchev–Trinajstić information content (AvgIpc) is 2.89. The van der Waals surface area contributed by atoms with Crippen LogP contribution in [0.15, 0.2) is 54.6 Å². The molecule has 1 atom stereocenters. The number of ether oxygens (including phenoxy) is 1. The number of fused-ring (bicyclic) bond motifs is 2. The molecule has 0 fully saturated rings. The summed E-state index contributed by atoms with van der Waals surface area (Å²) in [6.45, 7) is 3.27. The summed E-state index contributed by atoms with van der Waals surface area (Å²) in [5.74, 6) is -2.61. The normalized spacial score (nSPS) is 13.2. The first kappa shape index (κ1) is 30.2. The number of carboxylic acids is 1. The van der Waals surface area contributed by atoms with Crippen LogP contribution >= 0.6 is 7.82 Å². The van der Waals surface area contributed by atoms with Gasteiger partial charge in [-0.15, -0.1) is 0 Å². The number of hydrogen-bond acceptors (Lipinski definition) is 9. The van der Waals surface area contributed by atoms with Gasteiger partial charge in [-0.3, -0.25) is 4.89 Å². The lowest BCUT2D eigenvalue weighted by atomic mass is 10.0. The third-order valence-electron chi connectivity index (χ3n) is 6.23. The highest BCUT2D eigenvalue weighted by Gasteiger charge is 2.28. The highest BCUT2D eigenvalue weighted by atomic mass is 32.2. The smallest absolute Gasteiger partial charge is 0.511 e. The van der Waals surface area contributed by atoms with Crippen LogP contribution in [0.2, 0.25) is 0 Å². The van der Waals surface area contributed by atoms with Crippen LogP contribution in [0.25, 0.3) is 21.8 Å². The predicted molar refractivity (Wildman–Crippen MR) is 146 cm³/mol. The van der Waals surface area contributed by atoms with Crippen LogP contribution in [0.1, 0.15) is 38.3 Å². The second-order valence-corrected chi connectivity index (χ2v) is 12.0. The molecule has 1 heterocycles. The van der Waals surface area contributed by atoms with E-state index in [0.29, 0.717) is 27.5 Å². The molecular formula is C26H23BNO11PS. The number of nitrogens with zero attached hydrogens (tertiary/aromatic N) is 1. The van der Waals surface area contributed by atoms with Crippen LogP contribution in [-0.4, -0.2) is 48.7 Å². The van der Waals surface area contributed by atoms with Gasteiger partial charge in [-0.05, 0) is 55.3 Å². The van der Waals surface area contributed by atoms with Crippen LogP contribution in [0.4, 0.5) is 0 Å². The van der Waals surface area contributed by atoms with Crippen LogP contribution in [0, 0.1) is 13.8 Å². The van der Waals surface area contributed by atoms with E-state index in [1.165, 1.54) is 30.3 Å². The molecule has 0 aliphatic heterocycles. The van der Waals surface area contributed by atoms with Crippen molar-refractivity contribution in [3.05, 3.63) is 76.9 Å². The van der Waals surface area contributed by atoms with Gasteiger partial charge in [-0.1, -0.05) is 12.1 Å². The summed E-state index contributed by atoms with van der Waals surface area (Å²) in [5.41, 5.74) is 1.77. The summed E-state index contributed by atoms with van der Waals surface area (Å²) < 4.78 is 62.2. The fourth-order valence-corrected chi connectivity index (χ4v) is 5.50. The van der Waals surface area contributed by atoms with Crippen LogP contribution in [0.5, 0.6) is 11.5 Å². The number of para-hydroxylation sites is 1. The highest BCUT2D eigenvalue weighted by molar-refractivity contribution is 7.85. The molecule has 2 radical (unpaired) electrons. The molecule has 0 bridgehead atoms. The molecule has 2 N–H and O–H groups in total. The third kappa shape index (κ3) is 6.75. The first-order valence-corrected chi connectivity index (χ1v) is 15.1. The van der Waals surface area contributed by atoms with Crippen LogP contribution in [-0.2, 0) is 25.7 Å². The van der Waals surface area contributed by atoms with Crippen LogP contribution in [0.3, 0.4) is 0 Å². The maximum Gasteiger partial charge on any atom is 0.511 e. The Balaban J connectivity index is 1.94. The Bertz CT molecular complexity index is 1840. The van der Waals surface area contributed by atoms with Gasteiger partial charge in [0.05, 0.1) is 32.0 Å². The van der Waals surface area contributed by atoms with E-state index in [1.807, 2.05) is 0 Å². The maximum absolute atomic E-state index is 13.8. The minimum Gasteiger partial charge on any atom is -0.748 e. The first-order chi connectivity index (χ1) is 19.2. The summed E-state index contributed by atoms with van der Waals surface area (Å²) in [6, 6.07) is 13.6. The van der Waals surface area contributed by atoms with Gasteiger partial charge in [0.25, 0.3) is 0 Å². The molecule has 3 aromatic carbocycles. The summed E-state index contributed by atoms with van der Waals surface area (Å²) in [5, 5.41) is 9.93. The molecule has 0 aliphatic rings. The van der Waals surface area contributed by atoms with E-state index in [4.69, 9.17) is 17.3 Å². The molecule has 0 saturated carbocycles. The van der Waals surface area contributed by atoms with Crippen molar-refractivity contribution in [1.29, 1.82) is 0 Å². The number of carbonyl (C=O) groups is 2. The second kappa shape index (κ2) is 11.6. The van der Waals surface area contributed by atoms with Crippen molar-refractivity contribution in [2.75, 3.05) is 5.75 Å². The molecule has 41 heavy (non-hydrogen) atoms. The van der Waals surface area contributed by atoms with E-state index in [2.05, 4.69) is 4.44 Å². The van der Waals surface area contributed by atoms with Gasteiger partial charge in [0, 0.05) is 24.3 Å². The zero-order valence-corrected chi connectivity index (χ0v) is 23.5. The Morgan fingerprint density at radius 3 is 2.27 bits per heavy atom. The molecular weight excluding hydrogens is 576 g/mol. The molecule has 0 aliphatic carbocycles. The number of benzene rings is 3. The minimum absolute atomic E-state index is 0.0221. The quantitative estimate of drug-likeness (QED) is 0.0519. The number of phosphoric ester groups is 1. The van der Waals surface area contributed by atoms with Gasteiger partial charge >= 0.3 is 27.8 Å². The Hall–Kier alpha value is -3.81. The molecule has 0 saturated heterocycles.